The Kier molecular flexibility index (Phi) is 5.00. The normalized spacial score (nSPS) is 13.3. The molecule has 98 valence electrons. The van der Waals surface area contributed by atoms with Gasteiger partial charge in [-0.1, -0.05) is 39.0 Å². The molecule has 0 bridgehead atoms. The van der Waals surface area contributed by atoms with Crippen LogP contribution in [-0.2, 0) is 0 Å². The van der Waals surface area contributed by atoms with Crippen LogP contribution in [0.25, 0.3) is 0 Å². The lowest BCUT2D eigenvalue weighted by atomic mass is 10.1. The molecule has 1 aliphatic rings. The van der Waals surface area contributed by atoms with Gasteiger partial charge in [-0.3, -0.25) is 10.9 Å². The van der Waals surface area contributed by atoms with E-state index in [1.54, 1.807) is 6.20 Å². The van der Waals surface area contributed by atoms with E-state index in [1.807, 2.05) is 12.1 Å². The highest BCUT2D eigenvalue weighted by atomic mass is 15.4. The number of anilines is 1. The molecular formula is C14H22N4. The summed E-state index contributed by atoms with van der Waals surface area (Å²) in [5.41, 5.74) is 7.12. The molecular weight excluding hydrogens is 224 g/mol. The smallest absolute Gasteiger partial charge is 0.170 e. The third-order valence-electron chi connectivity index (χ3n) is 3.13. The Bertz CT molecular complexity index is 401. The number of hydrazine groups is 1. The van der Waals surface area contributed by atoms with Crippen LogP contribution in [-0.4, -0.2) is 10.8 Å². The molecule has 4 nitrogen and oxygen atoms in total. The van der Waals surface area contributed by atoms with Crippen molar-refractivity contribution >= 4 is 17.3 Å². The van der Waals surface area contributed by atoms with Crippen molar-refractivity contribution in [1.29, 1.82) is 0 Å². The number of amidine groups is 1. The highest BCUT2D eigenvalue weighted by Gasteiger charge is 2.10. The number of nitrogens with one attached hydrogen (secondary N) is 2. The fourth-order valence-electron chi connectivity index (χ4n) is 2.08. The van der Waals surface area contributed by atoms with Crippen LogP contribution in [0.5, 0.6) is 0 Å². The maximum absolute atomic E-state index is 4.56. The molecule has 1 aromatic heterocycles. The van der Waals surface area contributed by atoms with Crippen molar-refractivity contribution in [1.82, 2.24) is 10.4 Å². The van der Waals surface area contributed by atoms with Crippen molar-refractivity contribution in [2.75, 3.05) is 5.43 Å². The standard InChI is InChI=1S/C14H22N4/c1-2-3-4-5-6-7-10-13-16-12-9-8-11-15-14(12)18-17-13/h8-9,11H,2-7,10H2,1H3,(H,15,18)(H,16,17). The van der Waals surface area contributed by atoms with Crippen molar-refractivity contribution in [3.63, 3.8) is 0 Å². The summed E-state index contributed by atoms with van der Waals surface area (Å²) in [4.78, 5) is 8.76. The number of nitrogens with zero attached hydrogens (tertiary/aromatic N) is 2. The summed E-state index contributed by atoms with van der Waals surface area (Å²) in [5, 5.41) is 0. The van der Waals surface area contributed by atoms with Gasteiger partial charge in [0.1, 0.15) is 11.5 Å². The zero-order chi connectivity index (χ0) is 12.6. The molecule has 4 heteroatoms. The summed E-state index contributed by atoms with van der Waals surface area (Å²) >= 11 is 0. The summed E-state index contributed by atoms with van der Waals surface area (Å²) in [6, 6.07) is 3.90. The first-order valence-corrected chi connectivity index (χ1v) is 6.95. The number of hydrogen-bond donors (Lipinski definition) is 2. The first-order valence-electron chi connectivity index (χ1n) is 6.95. The van der Waals surface area contributed by atoms with Crippen LogP contribution in [0.15, 0.2) is 23.3 Å². The van der Waals surface area contributed by atoms with E-state index in [2.05, 4.69) is 27.8 Å². The number of aromatic nitrogens is 1. The van der Waals surface area contributed by atoms with Crippen LogP contribution in [0.2, 0.25) is 0 Å². The van der Waals surface area contributed by atoms with Gasteiger partial charge in [0.2, 0.25) is 0 Å². The van der Waals surface area contributed by atoms with Gasteiger partial charge in [-0.15, -0.1) is 0 Å². The maximum atomic E-state index is 4.56. The second-order valence-corrected chi connectivity index (χ2v) is 4.70. The number of unbranched alkanes of at least 4 members (excludes halogenated alkanes) is 5. The summed E-state index contributed by atoms with van der Waals surface area (Å²) in [7, 11) is 0. The monoisotopic (exact) mass is 246 g/mol. The molecule has 0 unspecified atom stereocenters. The van der Waals surface area contributed by atoms with Gasteiger partial charge in [0, 0.05) is 12.6 Å². The Morgan fingerprint density at radius 3 is 2.78 bits per heavy atom. The van der Waals surface area contributed by atoms with Gasteiger partial charge < -0.3 is 0 Å². The van der Waals surface area contributed by atoms with E-state index < -0.39 is 0 Å². The van der Waals surface area contributed by atoms with Gasteiger partial charge in [0.15, 0.2) is 5.82 Å². The predicted molar refractivity (Wildman–Crippen MR) is 76.1 cm³/mol. The van der Waals surface area contributed by atoms with E-state index in [4.69, 9.17) is 0 Å². The highest BCUT2D eigenvalue weighted by molar-refractivity contribution is 5.89. The van der Waals surface area contributed by atoms with E-state index in [0.717, 1.165) is 23.8 Å². The molecule has 0 saturated carbocycles. The van der Waals surface area contributed by atoms with Crippen LogP contribution < -0.4 is 10.9 Å². The molecule has 1 aliphatic heterocycles. The molecule has 0 spiro atoms. The fourth-order valence-corrected chi connectivity index (χ4v) is 2.08. The van der Waals surface area contributed by atoms with Gasteiger partial charge in [0.25, 0.3) is 0 Å². The molecule has 18 heavy (non-hydrogen) atoms. The number of rotatable bonds is 7. The third kappa shape index (κ3) is 3.72. The molecule has 0 fully saturated rings. The van der Waals surface area contributed by atoms with E-state index in [9.17, 15) is 0 Å². The van der Waals surface area contributed by atoms with Crippen molar-refractivity contribution in [2.45, 2.75) is 51.9 Å². The van der Waals surface area contributed by atoms with Gasteiger partial charge in [-0.2, -0.15) is 0 Å². The number of fused-ring (bicyclic) bond motifs is 1. The molecule has 0 aliphatic carbocycles. The first kappa shape index (κ1) is 12.9. The van der Waals surface area contributed by atoms with E-state index >= 15 is 0 Å². The molecule has 2 N–H and O–H groups in total. The average Bonchev–Trinajstić information content (AvgIpc) is 2.42. The van der Waals surface area contributed by atoms with Crippen LogP contribution >= 0.6 is 0 Å². The van der Waals surface area contributed by atoms with Crippen LogP contribution in [0.1, 0.15) is 51.9 Å². The van der Waals surface area contributed by atoms with E-state index in [-0.39, 0.29) is 0 Å². The van der Waals surface area contributed by atoms with Crippen molar-refractivity contribution in [3.05, 3.63) is 18.3 Å². The second-order valence-electron chi connectivity index (χ2n) is 4.70. The molecule has 2 rings (SSSR count). The lowest BCUT2D eigenvalue weighted by Crippen LogP contribution is -2.32. The Morgan fingerprint density at radius 2 is 1.89 bits per heavy atom. The van der Waals surface area contributed by atoms with Crippen LogP contribution in [0.3, 0.4) is 0 Å². The maximum Gasteiger partial charge on any atom is 0.170 e. The molecule has 0 atom stereocenters. The average molecular weight is 246 g/mol. The second kappa shape index (κ2) is 6.99. The van der Waals surface area contributed by atoms with Crippen LogP contribution in [0, 0.1) is 0 Å². The molecule has 0 aromatic carbocycles. The topological polar surface area (TPSA) is 49.3 Å². The largest absolute Gasteiger partial charge is 0.286 e. The Balaban J connectivity index is 1.73. The van der Waals surface area contributed by atoms with Gasteiger partial charge in [-0.25, -0.2) is 9.98 Å². The van der Waals surface area contributed by atoms with E-state index in [0.29, 0.717) is 0 Å². The minimum atomic E-state index is 0.809. The first-order chi connectivity index (χ1) is 8.90. The van der Waals surface area contributed by atoms with Crippen molar-refractivity contribution < 1.29 is 0 Å². The quantitative estimate of drug-likeness (QED) is 0.720. The Morgan fingerprint density at radius 1 is 1.06 bits per heavy atom. The summed E-state index contributed by atoms with van der Waals surface area (Å²) in [5.74, 6) is 1.83. The zero-order valence-electron chi connectivity index (χ0n) is 11.1. The molecule has 0 radical (unpaired) electrons. The zero-order valence-corrected chi connectivity index (χ0v) is 11.1. The van der Waals surface area contributed by atoms with Gasteiger partial charge >= 0.3 is 0 Å². The van der Waals surface area contributed by atoms with Crippen molar-refractivity contribution in [2.24, 2.45) is 4.99 Å². The van der Waals surface area contributed by atoms with Crippen LogP contribution in [0.4, 0.5) is 11.5 Å². The minimum absolute atomic E-state index is 0.809. The molecule has 1 aromatic rings. The SMILES string of the molecule is CCCCCCCCC1=Nc2cccnc2NN1. The molecule has 0 saturated heterocycles. The fraction of sp³-hybridized carbons (Fsp3) is 0.571. The number of hydrogen-bond acceptors (Lipinski definition) is 4. The summed E-state index contributed by atoms with van der Waals surface area (Å²) in [6.07, 6.45) is 10.6. The third-order valence-corrected chi connectivity index (χ3v) is 3.13. The number of aliphatic imine (C=N–C) groups is 1. The molecule has 0 amide bonds. The lowest BCUT2D eigenvalue weighted by molar-refractivity contribution is 0.613. The minimum Gasteiger partial charge on any atom is -0.286 e. The Labute approximate surface area is 109 Å². The summed E-state index contributed by atoms with van der Waals surface area (Å²) < 4.78 is 0. The van der Waals surface area contributed by atoms with Gasteiger partial charge in [-0.05, 0) is 18.6 Å². The lowest BCUT2D eigenvalue weighted by Gasteiger charge is -2.18. The van der Waals surface area contributed by atoms with E-state index in [1.165, 1.54) is 38.5 Å². The highest BCUT2D eigenvalue weighted by Crippen LogP contribution is 2.23. The Hall–Kier alpha value is -1.58. The van der Waals surface area contributed by atoms with Crippen molar-refractivity contribution in [3.8, 4) is 0 Å². The van der Waals surface area contributed by atoms with Gasteiger partial charge in [0.05, 0.1) is 0 Å². The number of pyridine rings is 1. The summed E-state index contributed by atoms with van der Waals surface area (Å²) in [6.45, 7) is 2.25. The molecule has 2 heterocycles. The predicted octanol–water partition coefficient (Wildman–Crippen LogP) is 3.79.